The normalized spacial score (nSPS) is 11.1. The van der Waals surface area contributed by atoms with E-state index in [-0.39, 0.29) is 16.4 Å². The molecule has 15 heavy (non-hydrogen) atoms. The van der Waals surface area contributed by atoms with Crippen molar-refractivity contribution in [2.24, 2.45) is 0 Å². The van der Waals surface area contributed by atoms with Gasteiger partial charge in [0.15, 0.2) is 0 Å². The second kappa shape index (κ2) is 4.03. The van der Waals surface area contributed by atoms with Gasteiger partial charge < -0.3 is 0 Å². The SMILES string of the molecule is CS(=O)(=O)Nc1ccc([N+](=O)[O-])c(Cl)c1. The fourth-order valence-corrected chi connectivity index (χ4v) is 1.74. The highest BCUT2D eigenvalue weighted by molar-refractivity contribution is 7.92. The molecule has 0 radical (unpaired) electrons. The number of hydrogen-bond donors (Lipinski definition) is 1. The van der Waals surface area contributed by atoms with Gasteiger partial charge in [-0.3, -0.25) is 14.8 Å². The van der Waals surface area contributed by atoms with Crippen molar-refractivity contribution < 1.29 is 13.3 Å². The molecule has 0 saturated heterocycles. The van der Waals surface area contributed by atoms with Crippen LogP contribution in [0.4, 0.5) is 11.4 Å². The largest absolute Gasteiger partial charge is 0.288 e. The fraction of sp³-hybridized carbons (Fsp3) is 0.143. The van der Waals surface area contributed by atoms with Gasteiger partial charge in [0.2, 0.25) is 10.0 Å². The zero-order valence-electron chi connectivity index (χ0n) is 7.60. The minimum absolute atomic E-state index is 0.117. The number of nitro benzene ring substituents is 1. The molecule has 1 aromatic rings. The molecule has 0 amide bonds. The summed E-state index contributed by atoms with van der Waals surface area (Å²) in [4.78, 5) is 9.75. The Morgan fingerprint density at radius 3 is 2.47 bits per heavy atom. The zero-order chi connectivity index (χ0) is 11.6. The molecule has 0 aromatic heterocycles. The lowest BCUT2D eigenvalue weighted by Crippen LogP contribution is -2.09. The standard InChI is InChI=1S/C7H7ClN2O4S/c1-15(13,14)9-5-2-3-7(10(11)12)6(8)4-5/h2-4,9H,1H3. The highest BCUT2D eigenvalue weighted by Gasteiger charge is 2.13. The molecule has 0 aliphatic heterocycles. The molecule has 1 rings (SSSR count). The van der Waals surface area contributed by atoms with Crippen molar-refractivity contribution >= 4 is 33.0 Å². The Kier molecular flexibility index (Phi) is 3.15. The van der Waals surface area contributed by atoms with Gasteiger partial charge in [-0.1, -0.05) is 11.6 Å². The monoisotopic (exact) mass is 250 g/mol. The van der Waals surface area contributed by atoms with E-state index in [1.165, 1.54) is 12.1 Å². The molecule has 6 nitrogen and oxygen atoms in total. The Morgan fingerprint density at radius 2 is 2.07 bits per heavy atom. The highest BCUT2D eigenvalue weighted by Crippen LogP contribution is 2.27. The number of halogens is 1. The predicted octanol–water partition coefficient (Wildman–Crippen LogP) is 1.62. The van der Waals surface area contributed by atoms with Crippen LogP contribution in [0.3, 0.4) is 0 Å². The van der Waals surface area contributed by atoms with Gasteiger partial charge in [0, 0.05) is 6.07 Å². The van der Waals surface area contributed by atoms with Crippen LogP contribution in [0.25, 0.3) is 0 Å². The van der Waals surface area contributed by atoms with Crippen molar-refractivity contribution in [1.82, 2.24) is 0 Å². The van der Waals surface area contributed by atoms with Crippen molar-refractivity contribution in [3.05, 3.63) is 33.3 Å². The summed E-state index contributed by atoms with van der Waals surface area (Å²) in [5.74, 6) is 0. The van der Waals surface area contributed by atoms with Gasteiger partial charge >= 0.3 is 0 Å². The Labute approximate surface area is 91.1 Å². The molecule has 0 fully saturated rings. The Hall–Kier alpha value is -1.34. The molecular weight excluding hydrogens is 244 g/mol. The van der Waals surface area contributed by atoms with E-state index >= 15 is 0 Å². The van der Waals surface area contributed by atoms with E-state index in [1.54, 1.807) is 0 Å². The van der Waals surface area contributed by atoms with E-state index in [0.29, 0.717) is 0 Å². The Morgan fingerprint density at radius 1 is 1.47 bits per heavy atom. The lowest BCUT2D eigenvalue weighted by Gasteiger charge is -2.03. The Bertz CT molecular complexity index is 500. The third-order valence-corrected chi connectivity index (χ3v) is 2.36. The third-order valence-electron chi connectivity index (χ3n) is 1.45. The maximum Gasteiger partial charge on any atom is 0.288 e. The van der Waals surface area contributed by atoms with Crippen LogP contribution in [0.5, 0.6) is 0 Å². The van der Waals surface area contributed by atoms with Crippen LogP contribution < -0.4 is 4.72 Å². The van der Waals surface area contributed by atoms with Crippen molar-refractivity contribution in [3.63, 3.8) is 0 Å². The van der Waals surface area contributed by atoms with E-state index in [2.05, 4.69) is 4.72 Å². The average Bonchev–Trinajstić information content (AvgIpc) is 1.99. The molecular formula is C7H7ClN2O4S. The first-order valence-electron chi connectivity index (χ1n) is 3.71. The highest BCUT2D eigenvalue weighted by atomic mass is 35.5. The second-order valence-electron chi connectivity index (χ2n) is 2.80. The summed E-state index contributed by atoms with van der Waals surface area (Å²) in [5, 5.41) is 10.3. The number of benzene rings is 1. The number of rotatable bonds is 3. The average molecular weight is 251 g/mol. The van der Waals surface area contributed by atoms with Crippen LogP contribution in [-0.2, 0) is 10.0 Å². The number of nitrogens with zero attached hydrogens (tertiary/aromatic N) is 1. The lowest BCUT2D eigenvalue weighted by atomic mass is 10.3. The predicted molar refractivity (Wildman–Crippen MR) is 56.6 cm³/mol. The van der Waals surface area contributed by atoms with Crippen LogP contribution in [0.2, 0.25) is 5.02 Å². The lowest BCUT2D eigenvalue weighted by molar-refractivity contribution is -0.384. The van der Waals surface area contributed by atoms with Crippen LogP contribution in [0.15, 0.2) is 18.2 Å². The first-order chi connectivity index (χ1) is 6.79. The topological polar surface area (TPSA) is 89.3 Å². The van der Waals surface area contributed by atoms with Gasteiger partial charge in [0.25, 0.3) is 5.69 Å². The van der Waals surface area contributed by atoms with Crippen LogP contribution in [0, 0.1) is 10.1 Å². The van der Waals surface area contributed by atoms with E-state index in [9.17, 15) is 18.5 Å². The van der Waals surface area contributed by atoms with Crippen molar-refractivity contribution in [3.8, 4) is 0 Å². The van der Waals surface area contributed by atoms with Crippen LogP contribution in [-0.4, -0.2) is 19.6 Å². The molecule has 8 heteroatoms. The molecule has 0 aliphatic carbocycles. The summed E-state index contributed by atoms with van der Waals surface area (Å²) in [6, 6.07) is 3.58. The summed E-state index contributed by atoms with van der Waals surface area (Å²) in [7, 11) is -3.41. The molecule has 0 saturated carbocycles. The molecule has 0 atom stereocenters. The minimum atomic E-state index is -3.41. The van der Waals surface area contributed by atoms with Gasteiger partial charge in [-0.25, -0.2) is 8.42 Å². The van der Waals surface area contributed by atoms with Gasteiger partial charge in [0.1, 0.15) is 5.02 Å². The maximum absolute atomic E-state index is 10.8. The summed E-state index contributed by atoms with van der Waals surface area (Å²) in [5.41, 5.74) is -0.0798. The van der Waals surface area contributed by atoms with Crippen molar-refractivity contribution in [2.45, 2.75) is 0 Å². The molecule has 1 aromatic carbocycles. The molecule has 82 valence electrons. The van der Waals surface area contributed by atoms with Gasteiger partial charge in [-0.15, -0.1) is 0 Å². The molecule has 0 unspecified atom stereocenters. The van der Waals surface area contributed by atoms with Crippen LogP contribution >= 0.6 is 11.6 Å². The number of anilines is 1. The van der Waals surface area contributed by atoms with Crippen LogP contribution in [0.1, 0.15) is 0 Å². The third kappa shape index (κ3) is 3.37. The molecule has 1 N–H and O–H groups in total. The van der Waals surface area contributed by atoms with Crippen molar-refractivity contribution in [1.29, 1.82) is 0 Å². The van der Waals surface area contributed by atoms with E-state index in [4.69, 9.17) is 11.6 Å². The summed E-state index contributed by atoms with van der Waals surface area (Å²) in [6.45, 7) is 0. The smallest absolute Gasteiger partial charge is 0.284 e. The Balaban J connectivity index is 3.07. The maximum atomic E-state index is 10.8. The first-order valence-corrected chi connectivity index (χ1v) is 5.98. The van der Waals surface area contributed by atoms with Gasteiger partial charge in [-0.05, 0) is 12.1 Å². The summed E-state index contributed by atoms with van der Waals surface area (Å²) >= 11 is 5.58. The quantitative estimate of drug-likeness (QED) is 0.652. The number of nitrogens with one attached hydrogen (secondary N) is 1. The van der Waals surface area contributed by atoms with Crippen molar-refractivity contribution in [2.75, 3.05) is 11.0 Å². The van der Waals surface area contributed by atoms with E-state index < -0.39 is 14.9 Å². The zero-order valence-corrected chi connectivity index (χ0v) is 9.17. The molecule has 0 heterocycles. The molecule has 0 spiro atoms. The molecule has 0 aliphatic rings. The van der Waals surface area contributed by atoms with Gasteiger partial charge in [0.05, 0.1) is 16.9 Å². The second-order valence-corrected chi connectivity index (χ2v) is 4.95. The number of hydrogen-bond acceptors (Lipinski definition) is 4. The summed E-state index contributed by atoms with van der Waals surface area (Å²) < 4.78 is 23.8. The fourth-order valence-electron chi connectivity index (χ4n) is 0.933. The number of sulfonamides is 1. The van der Waals surface area contributed by atoms with E-state index in [0.717, 1.165) is 12.3 Å². The minimum Gasteiger partial charge on any atom is -0.284 e. The first kappa shape index (κ1) is 11.7. The number of nitro groups is 1. The van der Waals surface area contributed by atoms with Gasteiger partial charge in [-0.2, -0.15) is 0 Å². The van der Waals surface area contributed by atoms with E-state index in [1.807, 2.05) is 0 Å². The molecule has 0 bridgehead atoms. The summed E-state index contributed by atoms with van der Waals surface area (Å²) in [6.07, 6.45) is 0.975.